The summed E-state index contributed by atoms with van der Waals surface area (Å²) in [5.74, 6) is 1.90. The number of allylic oxidation sites excluding steroid dienone is 4. The summed E-state index contributed by atoms with van der Waals surface area (Å²) in [7, 11) is 0. The predicted molar refractivity (Wildman–Crippen MR) is 396 cm³/mol. The van der Waals surface area contributed by atoms with Crippen LogP contribution in [-0.4, -0.2) is 19.9 Å². The number of hydrogen-bond acceptors (Lipinski definition) is 2. The molecule has 12 aromatic carbocycles. The Bertz CT molecular complexity index is 5770. The first-order chi connectivity index (χ1) is 47.5. The fraction of sp³-hybridized carbons (Fsp3) is 0.174. The van der Waals surface area contributed by atoms with Crippen LogP contribution in [0.5, 0.6) is 0 Å². The molecule has 2 N–H and O–H groups in total. The lowest BCUT2D eigenvalue weighted by molar-refractivity contribution is 0.528. The first kappa shape index (κ1) is 50.8. The van der Waals surface area contributed by atoms with E-state index in [4.69, 9.17) is 9.97 Å². The number of hydrogen-bond donors (Lipinski definition) is 2. The summed E-state index contributed by atoms with van der Waals surface area (Å²) in [6.07, 6.45) is 8.96. The second-order valence-corrected chi connectivity index (χ2v) is 30.4. The van der Waals surface area contributed by atoms with Gasteiger partial charge < -0.3 is 9.97 Å². The zero-order valence-corrected chi connectivity index (χ0v) is 53.0. The van der Waals surface area contributed by atoms with Crippen molar-refractivity contribution in [2.24, 2.45) is 0 Å². The molecule has 0 spiro atoms. The number of aromatic nitrogens is 4. The summed E-state index contributed by atoms with van der Waals surface area (Å²) in [6.45, 7) is 0. The minimum absolute atomic E-state index is 0.232. The largest absolute Gasteiger partial charge is 0.355 e. The Balaban J connectivity index is 0.784. The Morgan fingerprint density at radius 1 is 0.198 bits per heavy atom. The summed E-state index contributed by atoms with van der Waals surface area (Å²) in [4.78, 5) is 21.1. The molecule has 12 aliphatic carbocycles. The molecule has 4 nitrogen and oxygen atoms in total. The van der Waals surface area contributed by atoms with E-state index in [-0.39, 0.29) is 47.3 Å². The van der Waals surface area contributed by atoms with Crippen molar-refractivity contribution in [1.29, 1.82) is 0 Å². The van der Waals surface area contributed by atoms with E-state index >= 15 is 0 Å². The smallest absolute Gasteiger partial charge is 0.0699 e. The van der Waals surface area contributed by atoms with Crippen molar-refractivity contribution in [3.63, 3.8) is 0 Å². The molecule has 29 rings (SSSR count). The van der Waals surface area contributed by atoms with E-state index in [2.05, 4.69) is 228 Å². The van der Waals surface area contributed by atoms with Gasteiger partial charge in [-0.25, -0.2) is 9.97 Å². The molecule has 450 valence electrons. The maximum atomic E-state index is 6.16. The lowest BCUT2D eigenvalue weighted by atomic mass is 9.62. The highest BCUT2D eigenvalue weighted by molar-refractivity contribution is 6.09. The molecule has 5 heterocycles. The van der Waals surface area contributed by atoms with E-state index < -0.39 is 0 Å². The molecular weight excluding hydrogens is 1160 g/mol. The van der Waals surface area contributed by atoms with Crippen LogP contribution in [-0.2, 0) is 0 Å². The number of fused-ring (bicyclic) bond motifs is 20. The Labute approximate surface area is 553 Å². The van der Waals surface area contributed by atoms with Crippen molar-refractivity contribution >= 4 is 131 Å². The molecule has 3 aromatic heterocycles. The van der Waals surface area contributed by atoms with Gasteiger partial charge in [-0.1, -0.05) is 146 Å². The van der Waals surface area contributed by atoms with Crippen LogP contribution >= 0.6 is 0 Å². The molecule has 8 atom stereocenters. The van der Waals surface area contributed by atoms with E-state index in [0.29, 0.717) is 0 Å². The molecule has 0 saturated carbocycles. The minimum Gasteiger partial charge on any atom is -0.355 e. The molecule has 14 aliphatic rings. The second-order valence-electron chi connectivity index (χ2n) is 30.4. The average Bonchev–Trinajstić information content (AvgIpc) is 1.46. The highest BCUT2D eigenvalue weighted by Crippen LogP contribution is 2.65. The summed E-state index contributed by atoms with van der Waals surface area (Å²) in [6, 6.07) is 86.1. The maximum Gasteiger partial charge on any atom is 0.0699 e. The minimum atomic E-state index is 0.232. The van der Waals surface area contributed by atoms with E-state index in [1.54, 1.807) is 0 Å². The molecule has 8 unspecified atom stereocenters. The first-order valence-electron chi connectivity index (χ1n) is 35.6. The van der Waals surface area contributed by atoms with Crippen LogP contribution in [0.2, 0.25) is 0 Å². The molecule has 2 aliphatic heterocycles. The van der Waals surface area contributed by atoms with Gasteiger partial charge in [0.15, 0.2) is 0 Å². The average molecular weight is 1220 g/mol. The van der Waals surface area contributed by atoms with Crippen molar-refractivity contribution in [2.45, 2.75) is 98.7 Å². The van der Waals surface area contributed by atoms with Gasteiger partial charge in [-0.15, -0.1) is 0 Å². The van der Waals surface area contributed by atoms with Gasteiger partial charge in [-0.05, 0) is 299 Å². The van der Waals surface area contributed by atoms with E-state index in [0.717, 1.165) is 74.1 Å². The summed E-state index contributed by atoms with van der Waals surface area (Å²) >= 11 is 0. The van der Waals surface area contributed by atoms with Gasteiger partial charge in [0.25, 0.3) is 0 Å². The Kier molecular flexibility index (Phi) is 9.41. The molecule has 4 heteroatoms. The van der Waals surface area contributed by atoms with Gasteiger partial charge in [0, 0.05) is 69.4 Å². The number of benzene rings is 12. The second kappa shape index (κ2) is 17.8. The summed E-state index contributed by atoms with van der Waals surface area (Å²) < 4.78 is 0. The number of H-pyrrole nitrogens is 2. The van der Waals surface area contributed by atoms with Crippen molar-refractivity contribution in [2.75, 3.05) is 0 Å². The standard InChI is InChI=1S/C92H62N4/c1-2-10-46-26-54-34-70-62-18-17-61(69(70)33-53(54)25-45(46)9-1)85-77-41-79-87-63-19-20-65(73-37-57-29-49-13-4-3-11-47(49)27-55(57)35-71(63)73)89(87)81(94-79)43-83-91-67-23-24-68(76-40-60-32-52-16-8-7-15-51(52)31-59(60)39-75(67)76)92(91)84(96-83)44-82-90-66-22-21-64(88(90)80(95-82)42-78(93-77)86(62)85)72-36-56-28-48-12-5-6-14-50(48)30-58(56)38-74(66)72/h1-16,25-44,61-68,93,96H,17-24H2. The maximum absolute atomic E-state index is 6.16. The number of nitrogens with one attached hydrogen (secondary N) is 2. The third-order valence-corrected chi connectivity index (χ3v) is 26.0. The van der Waals surface area contributed by atoms with Crippen LogP contribution in [0.3, 0.4) is 0 Å². The fourth-order valence-corrected chi connectivity index (χ4v) is 22.1. The zero-order chi connectivity index (χ0) is 61.7. The van der Waals surface area contributed by atoms with Crippen molar-refractivity contribution < 1.29 is 0 Å². The molecule has 0 radical (unpaired) electrons. The van der Waals surface area contributed by atoms with Gasteiger partial charge in [-0.2, -0.15) is 0 Å². The third kappa shape index (κ3) is 6.56. The molecular formula is C92H62N4. The van der Waals surface area contributed by atoms with Gasteiger partial charge in [-0.3, -0.25) is 0 Å². The Morgan fingerprint density at radius 2 is 0.375 bits per heavy atom. The lowest BCUT2D eigenvalue weighted by Crippen LogP contribution is -2.24. The SMILES string of the molecule is c1ccc2cc3cc4c(cc3cc2c1)C1CCC4C2=C1c1cc3[nH]c(cc4nc(cc5[nH]c(cc2n1)c1c5C2CCC1c1cc5cc6ccccc6cc5cc12)C1=C4C2CCC1c1cc4cc5ccccc5cc4cc12)c1c3C2CCC1c1cc3cc4ccccc4cc3cc12. The van der Waals surface area contributed by atoms with E-state index in [9.17, 15) is 0 Å². The van der Waals surface area contributed by atoms with Crippen molar-refractivity contribution in [3.8, 4) is 0 Å². The van der Waals surface area contributed by atoms with Crippen LogP contribution in [0.1, 0.15) is 188 Å². The Hall–Kier alpha value is -10.7. The van der Waals surface area contributed by atoms with Crippen LogP contribution in [0, 0.1) is 0 Å². The molecule has 0 fully saturated rings. The van der Waals surface area contributed by atoms with Crippen LogP contribution in [0.4, 0.5) is 0 Å². The number of rotatable bonds is 0. The number of nitrogens with zero attached hydrogens (tertiary/aromatic N) is 2. The highest BCUT2D eigenvalue weighted by atomic mass is 14.8. The number of aromatic amines is 2. The van der Waals surface area contributed by atoms with E-state index in [1.165, 1.54) is 197 Å². The molecule has 0 saturated heterocycles. The zero-order valence-electron chi connectivity index (χ0n) is 53.0. The third-order valence-electron chi connectivity index (χ3n) is 26.0. The van der Waals surface area contributed by atoms with Crippen LogP contribution in [0.25, 0.3) is 131 Å². The first-order valence-corrected chi connectivity index (χ1v) is 35.6. The topological polar surface area (TPSA) is 57.4 Å². The van der Waals surface area contributed by atoms with Gasteiger partial charge >= 0.3 is 0 Å². The molecule has 16 bridgehead atoms. The molecule has 0 amide bonds. The van der Waals surface area contributed by atoms with Gasteiger partial charge in [0.1, 0.15) is 0 Å². The monoisotopic (exact) mass is 1220 g/mol. The van der Waals surface area contributed by atoms with Crippen LogP contribution in [0.15, 0.2) is 218 Å². The Morgan fingerprint density at radius 3 is 0.573 bits per heavy atom. The summed E-state index contributed by atoms with van der Waals surface area (Å²) in [5.41, 5.74) is 33.2. The normalized spacial score (nSPS) is 22.6. The fourth-order valence-electron chi connectivity index (χ4n) is 22.1. The molecule has 96 heavy (non-hydrogen) atoms. The van der Waals surface area contributed by atoms with Crippen LogP contribution < -0.4 is 0 Å². The molecule has 15 aromatic rings. The predicted octanol–water partition coefficient (Wildman–Crippen LogP) is 23.5. The quantitative estimate of drug-likeness (QED) is 0.149. The van der Waals surface area contributed by atoms with Crippen molar-refractivity contribution in [3.05, 3.63) is 308 Å². The van der Waals surface area contributed by atoms with Crippen molar-refractivity contribution in [1.82, 2.24) is 19.9 Å². The van der Waals surface area contributed by atoms with Gasteiger partial charge in [0.05, 0.1) is 22.8 Å². The van der Waals surface area contributed by atoms with E-state index in [1.807, 2.05) is 0 Å². The van der Waals surface area contributed by atoms with Gasteiger partial charge in [0.2, 0.25) is 0 Å². The lowest BCUT2D eigenvalue weighted by Gasteiger charge is -2.40. The summed E-state index contributed by atoms with van der Waals surface area (Å²) in [5, 5.41) is 21.1. The highest BCUT2D eigenvalue weighted by Gasteiger charge is 2.48.